The number of anilines is 2. The molecule has 6 nitrogen and oxygen atoms in total. The first-order valence-corrected chi connectivity index (χ1v) is 6.21. The lowest BCUT2D eigenvalue weighted by molar-refractivity contribution is -0.116. The molecule has 0 saturated carbocycles. The fraction of sp³-hybridized carbons (Fsp3) is 0.538. The van der Waals surface area contributed by atoms with Crippen LogP contribution in [0, 0.1) is 0 Å². The van der Waals surface area contributed by atoms with E-state index in [1.165, 1.54) is 0 Å². The Bertz CT molecular complexity index is 454. The highest BCUT2D eigenvalue weighted by atomic mass is 16.5. The number of nitrogens with zero attached hydrogens (tertiary/aromatic N) is 2. The van der Waals surface area contributed by atoms with Crippen molar-refractivity contribution in [1.82, 2.24) is 4.98 Å². The van der Waals surface area contributed by atoms with Gasteiger partial charge in [0.05, 0.1) is 12.2 Å². The topological polar surface area (TPSA) is 94.5 Å². The van der Waals surface area contributed by atoms with Gasteiger partial charge in [-0.15, -0.1) is 0 Å². The van der Waals surface area contributed by atoms with Crippen LogP contribution < -0.4 is 21.1 Å². The molecule has 0 aromatic carbocycles. The Morgan fingerprint density at radius 2 is 2.05 bits per heavy atom. The van der Waals surface area contributed by atoms with Crippen LogP contribution in [-0.2, 0) is 4.79 Å². The normalized spacial score (nSPS) is 11.2. The summed E-state index contributed by atoms with van der Waals surface area (Å²) in [6.07, 6.45) is 0. The van der Waals surface area contributed by atoms with Gasteiger partial charge in [-0.25, -0.2) is 0 Å². The molecule has 0 saturated heterocycles. The predicted molar refractivity (Wildman–Crippen MR) is 76.1 cm³/mol. The molecular formula is C13H22N4O2. The Balaban J connectivity index is 3.03. The highest BCUT2D eigenvalue weighted by molar-refractivity contribution is 5.79. The zero-order valence-corrected chi connectivity index (χ0v) is 11.9. The van der Waals surface area contributed by atoms with Crippen molar-refractivity contribution in [3.05, 3.63) is 12.1 Å². The standard InChI is InChI=1S/C13H22N4O2/c1-5-17(8-10(15)18)11-7-6-9(14)12(16-11)19-13(2,3)4/h6-7H,5,8,14H2,1-4H3,(H2,15,18). The van der Waals surface area contributed by atoms with E-state index < -0.39 is 5.91 Å². The number of pyridine rings is 1. The summed E-state index contributed by atoms with van der Waals surface area (Å²) in [5.41, 5.74) is 11.1. The summed E-state index contributed by atoms with van der Waals surface area (Å²) in [4.78, 5) is 17.1. The van der Waals surface area contributed by atoms with E-state index in [4.69, 9.17) is 16.2 Å². The van der Waals surface area contributed by atoms with E-state index in [0.717, 1.165) is 0 Å². The molecule has 0 spiro atoms. The molecule has 6 heteroatoms. The molecule has 0 aliphatic heterocycles. The molecule has 4 N–H and O–H groups in total. The number of primary amides is 1. The van der Waals surface area contributed by atoms with Crippen LogP contribution in [0.4, 0.5) is 11.5 Å². The minimum atomic E-state index is -0.404. The Kier molecular flexibility index (Phi) is 4.58. The number of amides is 1. The number of nitrogen functional groups attached to an aromatic ring is 1. The maximum absolute atomic E-state index is 11.0. The number of aromatic nitrogens is 1. The molecule has 0 radical (unpaired) electrons. The number of hydrogen-bond acceptors (Lipinski definition) is 5. The fourth-order valence-corrected chi connectivity index (χ4v) is 1.53. The van der Waals surface area contributed by atoms with E-state index in [1.807, 2.05) is 27.7 Å². The van der Waals surface area contributed by atoms with Gasteiger partial charge in [0.25, 0.3) is 0 Å². The van der Waals surface area contributed by atoms with Crippen LogP contribution in [0.25, 0.3) is 0 Å². The first kappa shape index (κ1) is 15.1. The number of likely N-dealkylation sites (N-methyl/N-ethyl adjacent to an activating group) is 1. The molecule has 1 aromatic heterocycles. The van der Waals surface area contributed by atoms with Gasteiger partial charge < -0.3 is 21.1 Å². The lowest BCUT2D eigenvalue weighted by Crippen LogP contribution is -2.34. The highest BCUT2D eigenvalue weighted by Gasteiger charge is 2.17. The van der Waals surface area contributed by atoms with Crippen molar-refractivity contribution >= 4 is 17.4 Å². The van der Waals surface area contributed by atoms with Crippen molar-refractivity contribution in [2.24, 2.45) is 5.73 Å². The van der Waals surface area contributed by atoms with Crippen LogP contribution in [0.2, 0.25) is 0 Å². The maximum Gasteiger partial charge on any atom is 0.239 e. The third-order valence-corrected chi connectivity index (χ3v) is 2.33. The van der Waals surface area contributed by atoms with Crippen molar-refractivity contribution in [1.29, 1.82) is 0 Å². The summed E-state index contributed by atoms with van der Waals surface area (Å²) in [7, 11) is 0. The highest BCUT2D eigenvalue weighted by Crippen LogP contribution is 2.26. The van der Waals surface area contributed by atoms with Crippen molar-refractivity contribution in [3.63, 3.8) is 0 Å². The van der Waals surface area contributed by atoms with Crippen LogP contribution >= 0.6 is 0 Å². The maximum atomic E-state index is 11.0. The van der Waals surface area contributed by atoms with Gasteiger partial charge in [0, 0.05) is 6.54 Å². The smallest absolute Gasteiger partial charge is 0.239 e. The molecule has 0 fully saturated rings. The average molecular weight is 266 g/mol. The molecule has 1 amide bonds. The number of hydrogen-bond donors (Lipinski definition) is 2. The minimum absolute atomic E-state index is 0.113. The molecule has 0 bridgehead atoms. The van der Waals surface area contributed by atoms with E-state index in [0.29, 0.717) is 23.9 Å². The molecule has 1 heterocycles. The van der Waals surface area contributed by atoms with Gasteiger partial charge in [0.15, 0.2) is 0 Å². The SMILES string of the molecule is CCN(CC(N)=O)c1ccc(N)c(OC(C)(C)C)n1. The van der Waals surface area contributed by atoms with Crippen LogP contribution in [0.5, 0.6) is 5.88 Å². The summed E-state index contributed by atoms with van der Waals surface area (Å²) in [6.45, 7) is 8.41. The Morgan fingerprint density at radius 1 is 1.42 bits per heavy atom. The van der Waals surface area contributed by atoms with Gasteiger partial charge >= 0.3 is 0 Å². The van der Waals surface area contributed by atoms with Gasteiger partial charge in [-0.05, 0) is 39.8 Å². The molecule has 1 rings (SSSR count). The monoisotopic (exact) mass is 266 g/mol. The van der Waals surface area contributed by atoms with Gasteiger partial charge in [0.1, 0.15) is 11.4 Å². The lowest BCUT2D eigenvalue weighted by Gasteiger charge is -2.24. The van der Waals surface area contributed by atoms with E-state index >= 15 is 0 Å². The van der Waals surface area contributed by atoms with E-state index in [9.17, 15) is 4.79 Å². The Hall–Kier alpha value is -1.98. The average Bonchev–Trinajstić information content (AvgIpc) is 2.27. The first-order chi connectivity index (χ1) is 8.73. The zero-order valence-electron chi connectivity index (χ0n) is 11.9. The number of carbonyl (C=O) groups excluding carboxylic acids is 1. The van der Waals surface area contributed by atoms with Crippen LogP contribution in [0.15, 0.2) is 12.1 Å². The Labute approximate surface area is 113 Å². The third-order valence-electron chi connectivity index (χ3n) is 2.33. The van der Waals surface area contributed by atoms with E-state index in [2.05, 4.69) is 4.98 Å². The van der Waals surface area contributed by atoms with Crippen LogP contribution in [-0.4, -0.2) is 29.6 Å². The second kappa shape index (κ2) is 5.77. The molecule has 0 unspecified atom stereocenters. The van der Waals surface area contributed by atoms with Crippen molar-refractivity contribution in [2.45, 2.75) is 33.3 Å². The Morgan fingerprint density at radius 3 is 2.53 bits per heavy atom. The van der Waals surface area contributed by atoms with Crippen LogP contribution in [0.3, 0.4) is 0 Å². The van der Waals surface area contributed by atoms with Crippen molar-refractivity contribution in [3.8, 4) is 5.88 Å². The van der Waals surface area contributed by atoms with Gasteiger partial charge in [-0.2, -0.15) is 4.98 Å². The van der Waals surface area contributed by atoms with Crippen molar-refractivity contribution < 1.29 is 9.53 Å². The quantitative estimate of drug-likeness (QED) is 0.833. The number of nitrogens with two attached hydrogens (primary N) is 2. The zero-order chi connectivity index (χ0) is 14.6. The lowest BCUT2D eigenvalue weighted by atomic mass is 10.2. The summed E-state index contributed by atoms with van der Waals surface area (Å²) in [5, 5.41) is 0. The second-order valence-corrected chi connectivity index (χ2v) is 5.26. The number of rotatable bonds is 5. The number of carbonyl (C=O) groups is 1. The molecule has 0 aliphatic carbocycles. The second-order valence-electron chi connectivity index (χ2n) is 5.26. The fourth-order valence-electron chi connectivity index (χ4n) is 1.53. The first-order valence-electron chi connectivity index (χ1n) is 6.21. The molecular weight excluding hydrogens is 244 g/mol. The molecule has 106 valence electrons. The predicted octanol–water partition coefficient (Wildman–Crippen LogP) is 1.15. The van der Waals surface area contributed by atoms with Gasteiger partial charge in [-0.1, -0.05) is 0 Å². The minimum Gasteiger partial charge on any atom is -0.470 e. The van der Waals surface area contributed by atoms with Gasteiger partial charge in [0.2, 0.25) is 11.8 Å². The number of ether oxygens (including phenoxy) is 1. The largest absolute Gasteiger partial charge is 0.470 e. The molecule has 1 aromatic rings. The third kappa shape index (κ3) is 4.65. The summed E-state index contributed by atoms with van der Waals surface area (Å²) < 4.78 is 5.69. The van der Waals surface area contributed by atoms with E-state index in [1.54, 1.807) is 17.0 Å². The van der Waals surface area contributed by atoms with Crippen LogP contribution in [0.1, 0.15) is 27.7 Å². The van der Waals surface area contributed by atoms with Crippen molar-refractivity contribution in [2.75, 3.05) is 23.7 Å². The molecule has 19 heavy (non-hydrogen) atoms. The van der Waals surface area contributed by atoms with E-state index in [-0.39, 0.29) is 12.1 Å². The summed E-state index contributed by atoms with van der Waals surface area (Å²) in [6, 6.07) is 3.46. The molecule has 0 atom stereocenters. The molecule has 0 aliphatic rings. The van der Waals surface area contributed by atoms with Gasteiger partial charge in [-0.3, -0.25) is 4.79 Å². The summed E-state index contributed by atoms with van der Waals surface area (Å²) in [5.74, 6) is 0.585. The summed E-state index contributed by atoms with van der Waals surface area (Å²) >= 11 is 0.